The Bertz CT molecular complexity index is 850. The second-order valence-corrected chi connectivity index (χ2v) is 8.64. The van der Waals surface area contributed by atoms with Gasteiger partial charge in [-0.15, -0.1) is 0 Å². The van der Waals surface area contributed by atoms with Crippen LogP contribution in [0.3, 0.4) is 0 Å². The Hall–Kier alpha value is -2.38. The summed E-state index contributed by atoms with van der Waals surface area (Å²) in [7, 11) is -0.897. The van der Waals surface area contributed by atoms with E-state index in [1.807, 2.05) is 38.1 Å². The lowest BCUT2D eigenvalue weighted by molar-refractivity contribution is -0.120. The first kappa shape index (κ1) is 20.9. The molecule has 0 saturated carbocycles. The maximum absolute atomic E-state index is 12.7. The van der Waals surface area contributed by atoms with Crippen molar-refractivity contribution in [1.29, 1.82) is 0 Å². The standard InChI is InChI=1S/C20H27N3O3S/c1-5-19(17-13-11-16(2)12-14-17)21-20(24)15-23(27(25,26)22(3)4)18-9-7-6-8-10-18/h6-14,19H,5,15H2,1-4H3,(H,21,24)/t19-/m1/s1. The van der Waals surface area contributed by atoms with Crippen LogP contribution in [0.1, 0.15) is 30.5 Å². The predicted molar refractivity (Wildman–Crippen MR) is 109 cm³/mol. The molecule has 0 spiro atoms. The zero-order chi connectivity index (χ0) is 20.0. The topological polar surface area (TPSA) is 69.7 Å². The van der Waals surface area contributed by atoms with Crippen molar-refractivity contribution in [1.82, 2.24) is 9.62 Å². The van der Waals surface area contributed by atoms with Crippen molar-refractivity contribution in [3.8, 4) is 0 Å². The third kappa shape index (κ3) is 5.30. The van der Waals surface area contributed by atoms with Gasteiger partial charge in [-0.3, -0.25) is 4.79 Å². The highest BCUT2D eigenvalue weighted by atomic mass is 32.2. The molecule has 0 fully saturated rings. The maximum atomic E-state index is 12.7. The van der Waals surface area contributed by atoms with Crippen molar-refractivity contribution in [2.45, 2.75) is 26.3 Å². The number of hydrogen-bond donors (Lipinski definition) is 1. The van der Waals surface area contributed by atoms with Gasteiger partial charge in [0.15, 0.2) is 0 Å². The summed E-state index contributed by atoms with van der Waals surface area (Å²) in [6, 6.07) is 16.4. The number of carbonyl (C=O) groups excluding carboxylic acids is 1. The highest BCUT2D eigenvalue weighted by Crippen LogP contribution is 2.20. The molecule has 0 aliphatic carbocycles. The summed E-state index contributed by atoms with van der Waals surface area (Å²) in [6.45, 7) is 3.70. The van der Waals surface area contributed by atoms with Gasteiger partial charge in [-0.05, 0) is 31.0 Å². The van der Waals surface area contributed by atoms with E-state index in [1.54, 1.807) is 30.3 Å². The van der Waals surface area contributed by atoms with Crippen molar-refractivity contribution >= 4 is 21.8 Å². The number of hydrogen-bond acceptors (Lipinski definition) is 3. The number of para-hydroxylation sites is 1. The van der Waals surface area contributed by atoms with Crippen molar-refractivity contribution in [3.05, 3.63) is 65.7 Å². The van der Waals surface area contributed by atoms with Gasteiger partial charge in [0.2, 0.25) is 5.91 Å². The Morgan fingerprint density at radius 3 is 2.15 bits per heavy atom. The number of amides is 1. The Morgan fingerprint density at radius 1 is 1.04 bits per heavy atom. The molecule has 0 saturated heterocycles. The molecule has 0 aliphatic rings. The predicted octanol–water partition coefficient (Wildman–Crippen LogP) is 2.88. The smallest absolute Gasteiger partial charge is 0.304 e. The lowest BCUT2D eigenvalue weighted by Crippen LogP contribution is -2.46. The van der Waals surface area contributed by atoms with Gasteiger partial charge in [-0.2, -0.15) is 12.7 Å². The van der Waals surface area contributed by atoms with Crippen LogP contribution in [0.4, 0.5) is 5.69 Å². The van der Waals surface area contributed by atoms with E-state index in [9.17, 15) is 13.2 Å². The molecular weight excluding hydrogens is 362 g/mol. The van der Waals surface area contributed by atoms with Crippen molar-refractivity contribution in [2.24, 2.45) is 0 Å². The Labute approximate surface area is 162 Å². The first-order chi connectivity index (χ1) is 12.8. The molecule has 0 aliphatic heterocycles. The van der Waals surface area contributed by atoms with Gasteiger partial charge < -0.3 is 5.32 Å². The van der Waals surface area contributed by atoms with E-state index < -0.39 is 10.2 Å². The highest BCUT2D eigenvalue weighted by molar-refractivity contribution is 7.90. The van der Waals surface area contributed by atoms with Crippen LogP contribution in [0, 0.1) is 6.92 Å². The fourth-order valence-corrected chi connectivity index (χ4v) is 3.75. The number of nitrogens with one attached hydrogen (secondary N) is 1. The summed E-state index contributed by atoms with van der Waals surface area (Å²) in [4.78, 5) is 12.7. The molecule has 0 bridgehead atoms. The van der Waals surface area contributed by atoms with E-state index in [2.05, 4.69) is 5.32 Å². The normalized spacial score (nSPS) is 12.6. The van der Waals surface area contributed by atoms with Crippen molar-refractivity contribution in [3.63, 3.8) is 0 Å². The molecule has 7 heteroatoms. The molecule has 1 amide bonds. The van der Waals surface area contributed by atoms with E-state index in [0.29, 0.717) is 12.1 Å². The van der Waals surface area contributed by atoms with Gasteiger partial charge >= 0.3 is 10.2 Å². The average Bonchev–Trinajstić information content (AvgIpc) is 2.65. The van der Waals surface area contributed by atoms with Crippen LogP contribution in [0.2, 0.25) is 0 Å². The van der Waals surface area contributed by atoms with Gasteiger partial charge in [0.1, 0.15) is 6.54 Å². The SMILES string of the molecule is CC[C@@H](NC(=O)CN(c1ccccc1)S(=O)(=O)N(C)C)c1ccc(C)cc1. The van der Waals surface area contributed by atoms with Crippen LogP contribution in [0.5, 0.6) is 0 Å². The Balaban J connectivity index is 2.21. The molecule has 146 valence electrons. The summed E-state index contributed by atoms with van der Waals surface area (Å²) in [6.07, 6.45) is 0.709. The third-order valence-corrected chi connectivity index (χ3v) is 6.11. The van der Waals surface area contributed by atoms with Crippen molar-refractivity contribution < 1.29 is 13.2 Å². The van der Waals surface area contributed by atoms with E-state index in [1.165, 1.54) is 14.1 Å². The minimum atomic E-state index is -3.79. The molecule has 2 aromatic rings. The van der Waals surface area contributed by atoms with E-state index in [4.69, 9.17) is 0 Å². The molecule has 0 unspecified atom stereocenters. The van der Waals surface area contributed by atoms with Crippen LogP contribution >= 0.6 is 0 Å². The van der Waals surface area contributed by atoms with E-state index in [-0.39, 0.29) is 18.5 Å². The fourth-order valence-electron chi connectivity index (χ4n) is 2.69. The monoisotopic (exact) mass is 389 g/mol. The second kappa shape index (κ2) is 9.01. The molecule has 0 aromatic heterocycles. The highest BCUT2D eigenvalue weighted by Gasteiger charge is 2.27. The molecular formula is C20H27N3O3S. The molecule has 1 N–H and O–H groups in total. The van der Waals surface area contributed by atoms with Gasteiger partial charge in [0.05, 0.1) is 11.7 Å². The minimum Gasteiger partial charge on any atom is -0.348 e. The minimum absolute atomic E-state index is 0.169. The summed E-state index contributed by atoms with van der Waals surface area (Å²) in [5.74, 6) is -0.350. The van der Waals surface area contributed by atoms with Crippen LogP contribution in [0.25, 0.3) is 0 Å². The second-order valence-electron chi connectivity index (χ2n) is 6.57. The largest absolute Gasteiger partial charge is 0.348 e. The van der Waals surface area contributed by atoms with E-state index in [0.717, 1.165) is 19.7 Å². The summed E-state index contributed by atoms with van der Waals surface area (Å²) < 4.78 is 27.6. The molecule has 2 rings (SSSR count). The number of nitrogens with zero attached hydrogens (tertiary/aromatic N) is 2. The molecule has 6 nitrogen and oxygen atoms in total. The molecule has 0 radical (unpaired) electrons. The first-order valence-electron chi connectivity index (χ1n) is 8.87. The average molecular weight is 390 g/mol. The Kier molecular flexibility index (Phi) is 6.98. The third-order valence-electron chi connectivity index (χ3n) is 4.29. The van der Waals surface area contributed by atoms with Gasteiger partial charge in [-0.1, -0.05) is 55.0 Å². The van der Waals surface area contributed by atoms with E-state index >= 15 is 0 Å². The number of benzene rings is 2. The van der Waals surface area contributed by atoms with Crippen LogP contribution in [-0.2, 0) is 15.0 Å². The van der Waals surface area contributed by atoms with Crippen LogP contribution in [-0.4, -0.2) is 39.3 Å². The number of anilines is 1. The number of carbonyl (C=O) groups is 1. The summed E-state index contributed by atoms with van der Waals surface area (Å²) in [5.41, 5.74) is 2.59. The van der Waals surface area contributed by atoms with Gasteiger partial charge in [0, 0.05) is 14.1 Å². The van der Waals surface area contributed by atoms with Gasteiger partial charge in [-0.25, -0.2) is 4.31 Å². The molecule has 1 atom stereocenters. The zero-order valence-electron chi connectivity index (χ0n) is 16.2. The maximum Gasteiger partial charge on any atom is 0.304 e. The molecule has 0 heterocycles. The summed E-state index contributed by atoms with van der Waals surface area (Å²) in [5, 5.41) is 2.95. The summed E-state index contributed by atoms with van der Waals surface area (Å²) >= 11 is 0. The zero-order valence-corrected chi connectivity index (χ0v) is 17.0. The lowest BCUT2D eigenvalue weighted by atomic mass is 10.0. The first-order valence-corrected chi connectivity index (χ1v) is 10.3. The number of aryl methyl sites for hydroxylation is 1. The van der Waals surface area contributed by atoms with Crippen molar-refractivity contribution in [2.75, 3.05) is 24.9 Å². The van der Waals surface area contributed by atoms with Gasteiger partial charge in [0.25, 0.3) is 0 Å². The van der Waals surface area contributed by atoms with Crippen LogP contribution in [0.15, 0.2) is 54.6 Å². The molecule has 27 heavy (non-hydrogen) atoms. The number of rotatable bonds is 8. The van der Waals surface area contributed by atoms with Crippen LogP contribution < -0.4 is 9.62 Å². The molecule has 2 aromatic carbocycles. The lowest BCUT2D eigenvalue weighted by Gasteiger charge is -2.28. The fraction of sp³-hybridized carbons (Fsp3) is 0.350. The Morgan fingerprint density at radius 2 is 1.63 bits per heavy atom. The quantitative estimate of drug-likeness (QED) is 0.755.